The van der Waals surface area contributed by atoms with Crippen molar-refractivity contribution in [3.63, 3.8) is 0 Å². The highest BCUT2D eigenvalue weighted by Crippen LogP contribution is 2.31. The number of hydrogen-bond acceptors (Lipinski definition) is 4. The minimum Gasteiger partial charge on any atom is -0.471 e. The summed E-state index contributed by atoms with van der Waals surface area (Å²) in [5.41, 5.74) is 0.104. The first-order valence-electron chi connectivity index (χ1n) is 9.69. The second kappa shape index (κ2) is 9.15. The highest BCUT2D eigenvalue weighted by Gasteiger charge is 2.30. The molecule has 33 heavy (non-hydrogen) atoms. The predicted octanol–water partition coefficient (Wildman–Crippen LogP) is 4.57. The molecule has 7 nitrogen and oxygen atoms in total. The quantitative estimate of drug-likeness (QED) is 0.411. The predicted molar refractivity (Wildman–Crippen MR) is 110 cm³/mol. The van der Waals surface area contributed by atoms with Crippen molar-refractivity contribution >= 4 is 11.7 Å². The molecule has 0 aliphatic heterocycles. The van der Waals surface area contributed by atoms with Crippen LogP contribution in [0.3, 0.4) is 0 Å². The van der Waals surface area contributed by atoms with Crippen molar-refractivity contribution in [2.75, 3.05) is 5.32 Å². The standard InChI is InChI=1S/C22H17F4N5O2/c23-17-6-4-15(5-7-17)13-30-11-9-20(29-30)27-21(32)19-8-10-31(28-19)14-33-18-3-1-2-16(12-18)22(24,25)26/h1-12H,13-14H2,(H,27,29,32). The molecule has 0 saturated heterocycles. The maximum Gasteiger partial charge on any atom is 0.416 e. The van der Waals surface area contributed by atoms with Crippen molar-refractivity contribution in [3.8, 4) is 5.75 Å². The highest BCUT2D eigenvalue weighted by atomic mass is 19.4. The van der Waals surface area contributed by atoms with Crippen LogP contribution in [0.15, 0.2) is 73.1 Å². The van der Waals surface area contributed by atoms with Crippen LogP contribution in [0.4, 0.5) is 23.4 Å². The minimum atomic E-state index is -4.47. The molecule has 4 aromatic rings. The Kier molecular flexibility index (Phi) is 6.11. The molecule has 11 heteroatoms. The van der Waals surface area contributed by atoms with E-state index in [0.717, 1.165) is 17.7 Å². The largest absolute Gasteiger partial charge is 0.471 e. The van der Waals surface area contributed by atoms with Crippen molar-refractivity contribution in [2.24, 2.45) is 0 Å². The second-order valence-corrected chi connectivity index (χ2v) is 7.02. The molecular formula is C22H17F4N5O2. The Morgan fingerprint density at radius 3 is 2.48 bits per heavy atom. The van der Waals surface area contributed by atoms with Crippen molar-refractivity contribution in [3.05, 3.63) is 95.7 Å². The van der Waals surface area contributed by atoms with E-state index < -0.39 is 17.6 Å². The monoisotopic (exact) mass is 459 g/mol. The van der Waals surface area contributed by atoms with Crippen LogP contribution in [-0.4, -0.2) is 25.5 Å². The van der Waals surface area contributed by atoms with Crippen molar-refractivity contribution < 1.29 is 27.1 Å². The van der Waals surface area contributed by atoms with Gasteiger partial charge in [-0.05, 0) is 42.0 Å². The number of alkyl halides is 3. The summed E-state index contributed by atoms with van der Waals surface area (Å²) in [5, 5.41) is 10.9. The van der Waals surface area contributed by atoms with Gasteiger partial charge in [0.05, 0.1) is 12.1 Å². The number of aromatic nitrogens is 4. The van der Waals surface area contributed by atoms with Gasteiger partial charge in [-0.2, -0.15) is 23.4 Å². The number of amides is 1. The lowest BCUT2D eigenvalue weighted by Crippen LogP contribution is -2.15. The average molecular weight is 459 g/mol. The third-order valence-corrected chi connectivity index (χ3v) is 4.54. The van der Waals surface area contributed by atoms with Gasteiger partial charge in [0.25, 0.3) is 5.91 Å². The molecule has 0 unspecified atom stereocenters. The summed E-state index contributed by atoms with van der Waals surface area (Å²) in [5.74, 6) is -0.512. The van der Waals surface area contributed by atoms with Crippen molar-refractivity contribution in [1.29, 1.82) is 0 Å². The van der Waals surface area contributed by atoms with Gasteiger partial charge in [0.15, 0.2) is 18.2 Å². The van der Waals surface area contributed by atoms with Gasteiger partial charge in [-0.1, -0.05) is 18.2 Å². The number of anilines is 1. The molecule has 1 N–H and O–H groups in total. The summed E-state index contributed by atoms with van der Waals surface area (Å²) in [6, 6.07) is 13.5. The molecule has 4 rings (SSSR count). The number of ether oxygens (including phenoxy) is 1. The fourth-order valence-corrected chi connectivity index (χ4v) is 2.93. The van der Waals surface area contributed by atoms with Gasteiger partial charge in [0.1, 0.15) is 11.6 Å². The molecule has 0 atom stereocenters. The van der Waals surface area contributed by atoms with E-state index in [2.05, 4.69) is 15.5 Å². The summed E-state index contributed by atoms with van der Waals surface area (Å²) >= 11 is 0. The highest BCUT2D eigenvalue weighted by molar-refractivity contribution is 6.02. The van der Waals surface area contributed by atoms with E-state index in [1.807, 2.05) is 0 Å². The van der Waals surface area contributed by atoms with Gasteiger partial charge in [-0.25, -0.2) is 9.07 Å². The molecule has 2 aromatic heterocycles. The van der Waals surface area contributed by atoms with E-state index in [4.69, 9.17) is 4.74 Å². The third kappa shape index (κ3) is 5.76. The fourth-order valence-electron chi connectivity index (χ4n) is 2.93. The summed E-state index contributed by atoms with van der Waals surface area (Å²) in [6.45, 7) is 0.221. The molecule has 0 bridgehead atoms. The van der Waals surface area contributed by atoms with Crippen LogP contribution in [-0.2, 0) is 19.5 Å². The first-order chi connectivity index (χ1) is 15.8. The lowest BCUT2D eigenvalue weighted by Gasteiger charge is -2.10. The molecule has 2 aromatic carbocycles. The number of carbonyl (C=O) groups is 1. The number of hydrogen-bond donors (Lipinski definition) is 1. The van der Waals surface area contributed by atoms with E-state index >= 15 is 0 Å². The molecule has 0 aliphatic rings. The molecule has 0 saturated carbocycles. The van der Waals surface area contributed by atoms with Crippen molar-refractivity contribution in [1.82, 2.24) is 19.6 Å². The summed E-state index contributed by atoms with van der Waals surface area (Å²) < 4.78 is 59.6. The minimum absolute atomic E-state index is 0.0259. The number of carbonyl (C=O) groups excluding carboxylic acids is 1. The molecule has 1 amide bonds. The Labute approximate surface area is 185 Å². The van der Waals surface area contributed by atoms with E-state index in [1.54, 1.807) is 29.1 Å². The smallest absolute Gasteiger partial charge is 0.416 e. The Balaban J connectivity index is 1.33. The Morgan fingerprint density at radius 2 is 1.73 bits per heavy atom. The lowest BCUT2D eigenvalue weighted by atomic mass is 10.2. The summed E-state index contributed by atoms with van der Waals surface area (Å²) in [7, 11) is 0. The first-order valence-corrected chi connectivity index (χ1v) is 9.69. The maximum atomic E-state index is 13.0. The van der Waals surface area contributed by atoms with Crippen LogP contribution >= 0.6 is 0 Å². The van der Waals surface area contributed by atoms with Crippen LogP contribution in [0.2, 0.25) is 0 Å². The third-order valence-electron chi connectivity index (χ3n) is 4.54. The van der Waals surface area contributed by atoms with Gasteiger partial charge >= 0.3 is 6.18 Å². The Hall–Kier alpha value is -4.15. The van der Waals surface area contributed by atoms with Crippen LogP contribution < -0.4 is 10.1 Å². The number of nitrogens with zero attached hydrogens (tertiary/aromatic N) is 4. The van der Waals surface area contributed by atoms with Gasteiger partial charge in [0, 0.05) is 18.5 Å². The van der Waals surface area contributed by atoms with Gasteiger partial charge in [-0.3, -0.25) is 9.48 Å². The normalized spacial score (nSPS) is 11.4. The zero-order valence-electron chi connectivity index (χ0n) is 17.0. The summed E-state index contributed by atoms with van der Waals surface area (Å²) in [4.78, 5) is 12.4. The number of benzene rings is 2. The van der Waals surface area contributed by atoms with E-state index in [9.17, 15) is 22.4 Å². The zero-order chi connectivity index (χ0) is 23.4. The average Bonchev–Trinajstić information content (AvgIpc) is 3.43. The Morgan fingerprint density at radius 1 is 0.970 bits per heavy atom. The summed E-state index contributed by atoms with van der Waals surface area (Å²) in [6.07, 6.45) is -1.33. The molecule has 0 aliphatic carbocycles. The number of rotatable bonds is 7. The van der Waals surface area contributed by atoms with Gasteiger partial charge < -0.3 is 10.1 Å². The molecular weight excluding hydrogens is 442 g/mol. The molecule has 2 heterocycles. The van der Waals surface area contributed by atoms with Crippen LogP contribution in [0.25, 0.3) is 0 Å². The number of nitrogens with one attached hydrogen (secondary N) is 1. The maximum absolute atomic E-state index is 13.0. The van der Waals surface area contributed by atoms with E-state index in [0.29, 0.717) is 12.4 Å². The van der Waals surface area contributed by atoms with E-state index in [1.165, 1.54) is 41.2 Å². The number of halogens is 4. The molecule has 0 radical (unpaired) electrons. The second-order valence-electron chi connectivity index (χ2n) is 7.02. The lowest BCUT2D eigenvalue weighted by molar-refractivity contribution is -0.137. The zero-order valence-corrected chi connectivity index (χ0v) is 17.0. The SMILES string of the molecule is O=C(Nc1ccn(Cc2ccc(F)cc2)n1)c1ccn(COc2cccc(C(F)(F)F)c2)n1. The van der Waals surface area contributed by atoms with Gasteiger partial charge in [0.2, 0.25) is 0 Å². The van der Waals surface area contributed by atoms with Gasteiger partial charge in [-0.15, -0.1) is 0 Å². The van der Waals surface area contributed by atoms with Crippen LogP contribution in [0.1, 0.15) is 21.6 Å². The fraction of sp³-hybridized carbons (Fsp3) is 0.136. The molecule has 170 valence electrons. The van der Waals surface area contributed by atoms with Crippen molar-refractivity contribution in [2.45, 2.75) is 19.5 Å². The van der Waals surface area contributed by atoms with Crippen LogP contribution in [0, 0.1) is 5.82 Å². The van der Waals surface area contributed by atoms with E-state index in [-0.39, 0.29) is 24.0 Å². The molecule has 0 fully saturated rings. The molecule has 0 spiro atoms. The topological polar surface area (TPSA) is 74.0 Å². The first kappa shape index (κ1) is 22.1. The Bertz CT molecular complexity index is 1250. The van der Waals surface area contributed by atoms with Crippen LogP contribution in [0.5, 0.6) is 5.75 Å².